The maximum Gasteiger partial charge on any atom is -0.0279 e. The van der Waals surface area contributed by atoms with Gasteiger partial charge in [-0.25, -0.2) is 0 Å². The van der Waals surface area contributed by atoms with Crippen molar-refractivity contribution in [3.05, 3.63) is 34.9 Å². The Kier molecular flexibility index (Phi) is 12.5. The summed E-state index contributed by atoms with van der Waals surface area (Å²) in [6.45, 7) is 14.6. The molecule has 0 nitrogen and oxygen atoms in total. The molecule has 0 N–H and O–H groups in total. The predicted octanol–water partition coefficient (Wildman–Crippen LogP) is 5.31. The van der Waals surface area contributed by atoms with Crippen molar-refractivity contribution < 1.29 is 0 Å². The Morgan fingerprint density at radius 2 is 1.47 bits per heavy atom. The number of benzene rings is 1. The molecule has 0 saturated carbocycles. The van der Waals surface area contributed by atoms with E-state index in [2.05, 4.69) is 39.0 Å². The monoisotopic (exact) mass is 208 g/mol. The van der Waals surface area contributed by atoms with E-state index in [-0.39, 0.29) is 0 Å². The van der Waals surface area contributed by atoms with E-state index in [0.717, 1.165) is 0 Å². The van der Waals surface area contributed by atoms with Gasteiger partial charge in [0, 0.05) is 0 Å². The smallest absolute Gasteiger partial charge is 0.0279 e. The van der Waals surface area contributed by atoms with E-state index < -0.39 is 0 Å². The second-order valence-corrected chi connectivity index (χ2v) is 3.18. The molecule has 0 saturated heterocycles. The lowest BCUT2D eigenvalue weighted by molar-refractivity contribution is 0.911. The standard InChI is InChI=1S/C11H16.2C2H6/c1-4-5-11-8-9(2)6-7-10(11)3;2*1-2/h6-8H,4-5H2,1-3H3;2*1-2H3. The van der Waals surface area contributed by atoms with Gasteiger partial charge in [-0.05, 0) is 31.4 Å². The predicted molar refractivity (Wildman–Crippen MR) is 72.6 cm³/mol. The van der Waals surface area contributed by atoms with Crippen molar-refractivity contribution in [2.75, 3.05) is 0 Å². The van der Waals surface area contributed by atoms with Crippen LogP contribution in [0.15, 0.2) is 18.2 Å². The lowest BCUT2D eigenvalue weighted by Crippen LogP contribution is -1.88. The van der Waals surface area contributed by atoms with Gasteiger partial charge in [-0.15, -0.1) is 0 Å². The molecule has 0 heterocycles. The lowest BCUT2D eigenvalue weighted by Gasteiger charge is -2.04. The highest BCUT2D eigenvalue weighted by Gasteiger charge is 1.95. The lowest BCUT2D eigenvalue weighted by atomic mass is 10.0. The van der Waals surface area contributed by atoms with Crippen molar-refractivity contribution in [1.29, 1.82) is 0 Å². The Hall–Kier alpha value is -0.780. The fourth-order valence-corrected chi connectivity index (χ4v) is 1.34. The van der Waals surface area contributed by atoms with E-state index in [0.29, 0.717) is 0 Å². The molecule has 0 amide bonds. The summed E-state index contributed by atoms with van der Waals surface area (Å²) in [5, 5.41) is 0. The molecule has 1 rings (SSSR count). The van der Waals surface area contributed by atoms with E-state index >= 15 is 0 Å². The molecule has 0 heteroatoms. The zero-order chi connectivity index (χ0) is 12.3. The van der Waals surface area contributed by atoms with Crippen LogP contribution in [0.3, 0.4) is 0 Å². The molecule has 0 bridgehead atoms. The number of hydrogen-bond donors (Lipinski definition) is 0. The largest absolute Gasteiger partial charge is 0.0683 e. The van der Waals surface area contributed by atoms with Crippen molar-refractivity contribution in [2.45, 2.75) is 61.3 Å². The normalized spacial score (nSPS) is 8.20. The van der Waals surface area contributed by atoms with Crippen LogP contribution in [0.4, 0.5) is 0 Å². The Labute approximate surface area is 96.7 Å². The fraction of sp³-hybridized carbons (Fsp3) is 0.600. The van der Waals surface area contributed by atoms with Crippen molar-refractivity contribution in [3.8, 4) is 0 Å². The average Bonchev–Trinajstić information content (AvgIpc) is 2.29. The highest BCUT2D eigenvalue weighted by atomic mass is 14.0. The summed E-state index contributed by atoms with van der Waals surface area (Å²) in [5.41, 5.74) is 4.31. The minimum atomic E-state index is 1.22. The van der Waals surface area contributed by atoms with E-state index in [1.165, 1.54) is 29.5 Å². The van der Waals surface area contributed by atoms with Crippen LogP contribution in [0.2, 0.25) is 0 Å². The van der Waals surface area contributed by atoms with Gasteiger partial charge in [0.2, 0.25) is 0 Å². The van der Waals surface area contributed by atoms with Crippen LogP contribution in [0, 0.1) is 13.8 Å². The first-order chi connectivity index (χ1) is 7.24. The van der Waals surface area contributed by atoms with Crippen LogP contribution in [0.1, 0.15) is 57.7 Å². The Morgan fingerprint density at radius 1 is 0.933 bits per heavy atom. The summed E-state index contributed by atoms with van der Waals surface area (Å²) >= 11 is 0. The molecule has 0 unspecified atom stereocenters. The van der Waals surface area contributed by atoms with Crippen molar-refractivity contribution in [1.82, 2.24) is 0 Å². The Morgan fingerprint density at radius 3 is 1.93 bits per heavy atom. The second kappa shape index (κ2) is 11.3. The summed E-state index contributed by atoms with van der Waals surface area (Å²) in [4.78, 5) is 0. The van der Waals surface area contributed by atoms with Gasteiger partial charge in [0.15, 0.2) is 0 Å². The maximum absolute atomic E-state index is 2.29. The van der Waals surface area contributed by atoms with Crippen LogP contribution >= 0.6 is 0 Å². The SMILES string of the molecule is CC.CC.CCCc1cc(C)ccc1C. The Bertz CT molecular complexity index is 236. The van der Waals surface area contributed by atoms with Gasteiger partial charge < -0.3 is 0 Å². The molecule has 88 valence electrons. The maximum atomic E-state index is 2.29. The highest BCUT2D eigenvalue weighted by molar-refractivity contribution is 5.30. The van der Waals surface area contributed by atoms with Crippen molar-refractivity contribution in [2.24, 2.45) is 0 Å². The van der Waals surface area contributed by atoms with Crippen LogP contribution in [0.5, 0.6) is 0 Å². The molecule has 1 aromatic carbocycles. The molecular weight excluding hydrogens is 180 g/mol. The molecule has 0 radical (unpaired) electrons. The van der Waals surface area contributed by atoms with Crippen LogP contribution in [-0.2, 0) is 6.42 Å². The molecule has 15 heavy (non-hydrogen) atoms. The van der Waals surface area contributed by atoms with E-state index in [9.17, 15) is 0 Å². The molecule has 0 aliphatic heterocycles. The third-order valence-electron chi connectivity index (χ3n) is 2.02. The fourth-order valence-electron chi connectivity index (χ4n) is 1.34. The molecule has 0 atom stereocenters. The topological polar surface area (TPSA) is 0 Å². The second-order valence-electron chi connectivity index (χ2n) is 3.18. The molecule has 1 aromatic rings. The quantitative estimate of drug-likeness (QED) is 0.618. The summed E-state index contributed by atoms with van der Waals surface area (Å²) in [5.74, 6) is 0. The molecule has 0 fully saturated rings. The highest BCUT2D eigenvalue weighted by Crippen LogP contribution is 2.11. The van der Waals surface area contributed by atoms with Gasteiger partial charge in [0.25, 0.3) is 0 Å². The van der Waals surface area contributed by atoms with E-state index in [1.54, 1.807) is 0 Å². The number of rotatable bonds is 2. The van der Waals surface area contributed by atoms with Crippen molar-refractivity contribution >= 4 is 0 Å². The number of hydrogen-bond acceptors (Lipinski definition) is 0. The van der Waals surface area contributed by atoms with Gasteiger partial charge in [0.05, 0.1) is 0 Å². The van der Waals surface area contributed by atoms with Gasteiger partial charge in [-0.1, -0.05) is 64.8 Å². The summed E-state index contributed by atoms with van der Waals surface area (Å²) in [6, 6.07) is 6.67. The molecule has 0 aliphatic rings. The molecular formula is C15H28. The minimum Gasteiger partial charge on any atom is -0.0683 e. The molecule has 0 aliphatic carbocycles. The average molecular weight is 208 g/mol. The van der Waals surface area contributed by atoms with E-state index in [4.69, 9.17) is 0 Å². The third-order valence-corrected chi connectivity index (χ3v) is 2.02. The van der Waals surface area contributed by atoms with Gasteiger partial charge in [-0.2, -0.15) is 0 Å². The summed E-state index contributed by atoms with van der Waals surface area (Å²) in [6.07, 6.45) is 2.46. The summed E-state index contributed by atoms with van der Waals surface area (Å²) in [7, 11) is 0. The first kappa shape index (κ1) is 16.6. The minimum absolute atomic E-state index is 1.22. The van der Waals surface area contributed by atoms with Gasteiger partial charge >= 0.3 is 0 Å². The third kappa shape index (κ3) is 7.18. The van der Waals surface area contributed by atoms with E-state index in [1.807, 2.05) is 27.7 Å². The Balaban J connectivity index is 0. The zero-order valence-electron chi connectivity index (χ0n) is 11.6. The van der Waals surface area contributed by atoms with Crippen molar-refractivity contribution in [3.63, 3.8) is 0 Å². The zero-order valence-corrected chi connectivity index (χ0v) is 11.6. The van der Waals surface area contributed by atoms with Gasteiger partial charge in [-0.3, -0.25) is 0 Å². The van der Waals surface area contributed by atoms with Crippen LogP contribution in [-0.4, -0.2) is 0 Å². The van der Waals surface area contributed by atoms with Gasteiger partial charge in [0.1, 0.15) is 0 Å². The molecule has 0 spiro atoms. The number of aryl methyl sites for hydroxylation is 3. The first-order valence-corrected chi connectivity index (χ1v) is 6.30. The van der Waals surface area contributed by atoms with Crippen LogP contribution < -0.4 is 0 Å². The summed E-state index contributed by atoms with van der Waals surface area (Å²) < 4.78 is 0. The van der Waals surface area contributed by atoms with Crippen LogP contribution in [0.25, 0.3) is 0 Å². The molecule has 0 aromatic heterocycles. The first-order valence-electron chi connectivity index (χ1n) is 6.30.